The van der Waals surface area contributed by atoms with Gasteiger partial charge in [0.2, 0.25) is 0 Å². The fourth-order valence-electron chi connectivity index (χ4n) is 3.88. The number of nitrogens with zero attached hydrogens (tertiary/aromatic N) is 1. The summed E-state index contributed by atoms with van der Waals surface area (Å²) in [5.41, 5.74) is 3.65. The molecule has 0 spiro atoms. The van der Waals surface area contributed by atoms with Crippen LogP contribution in [0.5, 0.6) is 0 Å². The minimum absolute atomic E-state index is 0.248. The average molecular weight is 489 g/mol. The fraction of sp³-hybridized carbons (Fsp3) is 0.208. The third-order valence-corrected chi connectivity index (χ3v) is 8.06. The van der Waals surface area contributed by atoms with Gasteiger partial charge in [-0.25, -0.2) is 8.42 Å². The van der Waals surface area contributed by atoms with Crippen molar-refractivity contribution in [1.29, 1.82) is 0 Å². The van der Waals surface area contributed by atoms with Crippen LogP contribution in [0.1, 0.15) is 34.0 Å². The van der Waals surface area contributed by atoms with Crippen molar-refractivity contribution in [2.45, 2.75) is 37.8 Å². The molecule has 0 saturated heterocycles. The maximum atomic E-state index is 13.3. The molecule has 32 heavy (non-hydrogen) atoms. The van der Waals surface area contributed by atoms with E-state index in [4.69, 9.17) is 23.2 Å². The molecule has 0 radical (unpaired) electrons. The highest BCUT2D eigenvalue weighted by Crippen LogP contribution is 2.37. The van der Waals surface area contributed by atoms with E-state index in [2.05, 4.69) is 5.32 Å². The fourth-order valence-corrected chi connectivity index (χ4v) is 6.04. The molecule has 1 heterocycles. The molecule has 166 valence electrons. The Bertz CT molecular complexity index is 1290. The number of carbonyl (C=O) groups excluding carboxylic acids is 1. The first-order valence-electron chi connectivity index (χ1n) is 10.1. The van der Waals surface area contributed by atoms with Gasteiger partial charge in [-0.15, -0.1) is 0 Å². The molecular weight excluding hydrogens is 467 g/mol. The quantitative estimate of drug-likeness (QED) is 0.524. The second-order valence-electron chi connectivity index (χ2n) is 7.93. The van der Waals surface area contributed by atoms with E-state index in [0.29, 0.717) is 27.7 Å². The van der Waals surface area contributed by atoms with Gasteiger partial charge in [-0.2, -0.15) is 0 Å². The highest BCUT2D eigenvalue weighted by molar-refractivity contribution is 7.92. The van der Waals surface area contributed by atoms with Gasteiger partial charge in [-0.1, -0.05) is 47.0 Å². The van der Waals surface area contributed by atoms with E-state index in [0.717, 1.165) is 16.7 Å². The van der Waals surface area contributed by atoms with Crippen LogP contribution in [0, 0.1) is 6.92 Å². The summed E-state index contributed by atoms with van der Waals surface area (Å²) in [6.07, 6.45) is 0.532. The molecule has 0 unspecified atom stereocenters. The van der Waals surface area contributed by atoms with Crippen molar-refractivity contribution in [1.82, 2.24) is 5.32 Å². The first-order valence-corrected chi connectivity index (χ1v) is 12.3. The van der Waals surface area contributed by atoms with Crippen LogP contribution in [0.3, 0.4) is 0 Å². The Labute approximate surface area is 198 Å². The van der Waals surface area contributed by atoms with Crippen LogP contribution in [-0.4, -0.2) is 20.4 Å². The largest absolute Gasteiger partial charge is 0.348 e. The zero-order valence-corrected chi connectivity index (χ0v) is 19.9. The lowest BCUT2D eigenvalue weighted by Gasteiger charge is -2.24. The number of benzene rings is 3. The normalized spacial score (nSPS) is 15.5. The molecular formula is C24H22Cl2N2O3S. The number of halogens is 2. The SMILES string of the molecule is Cc1ccc(S(=O)(=O)N2c3ccc(C(=O)NCc4ccc(Cl)cc4Cl)cc3C[C@@H]2C)cc1. The van der Waals surface area contributed by atoms with Gasteiger partial charge in [0.15, 0.2) is 0 Å². The number of anilines is 1. The zero-order chi connectivity index (χ0) is 23.0. The highest BCUT2D eigenvalue weighted by Gasteiger charge is 2.36. The molecule has 8 heteroatoms. The van der Waals surface area contributed by atoms with Crippen molar-refractivity contribution in [3.05, 3.63) is 93.0 Å². The van der Waals surface area contributed by atoms with Gasteiger partial charge in [-0.3, -0.25) is 9.10 Å². The molecule has 1 atom stereocenters. The summed E-state index contributed by atoms with van der Waals surface area (Å²) in [4.78, 5) is 13.0. The first kappa shape index (κ1) is 22.6. The molecule has 0 aromatic heterocycles. The van der Waals surface area contributed by atoms with Crippen LogP contribution >= 0.6 is 23.2 Å². The van der Waals surface area contributed by atoms with Gasteiger partial charge in [0, 0.05) is 28.2 Å². The molecule has 3 aromatic carbocycles. The summed E-state index contributed by atoms with van der Waals surface area (Å²) in [5, 5.41) is 3.87. The number of aryl methyl sites for hydroxylation is 1. The second-order valence-corrected chi connectivity index (χ2v) is 10.6. The van der Waals surface area contributed by atoms with E-state index < -0.39 is 10.0 Å². The maximum Gasteiger partial charge on any atom is 0.264 e. The first-order chi connectivity index (χ1) is 15.2. The third kappa shape index (κ3) is 4.35. The van der Waals surface area contributed by atoms with Crippen LogP contribution in [0.25, 0.3) is 0 Å². The number of carbonyl (C=O) groups is 1. The maximum absolute atomic E-state index is 13.3. The van der Waals surface area contributed by atoms with E-state index in [1.807, 2.05) is 13.8 Å². The Morgan fingerprint density at radius 1 is 1.06 bits per heavy atom. The Hall–Kier alpha value is -2.54. The standard InChI is InChI=1S/C24H22Cl2N2O3S/c1-15-3-8-21(9-4-15)32(30,31)28-16(2)11-19-12-17(6-10-23(19)28)24(29)27-14-18-5-7-20(25)13-22(18)26/h3-10,12-13,16H,11,14H2,1-2H3,(H,27,29)/t16-/m0/s1. The summed E-state index contributed by atoms with van der Waals surface area (Å²) in [7, 11) is -3.70. The van der Waals surface area contributed by atoms with Crippen molar-refractivity contribution in [2.24, 2.45) is 0 Å². The number of rotatable bonds is 5. The van der Waals surface area contributed by atoms with Gasteiger partial charge < -0.3 is 5.32 Å². The lowest BCUT2D eigenvalue weighted by molar-refractivity contribution is 0.0951. The lowest BCUT2D eigenvalue weighted by atomic mass is 10.1. The molecule has 1 amide bonds. The third-order valence-electron chi connectivity index (χ3n) is 5.53. The molecule has 0 saturated carbocycles. The van der Waals surface area contributed by atoms with Crippen LogP contribution in [-0.2, 0) is 23.0 Å². The van der Waals surface area contributed by atoms with E-state index in [1.54, 1.807) is 60.7 Å². The van der Waals surface area contributed by atoms with Gasteiger partial charge in [0.1, 0.15) is 0 Å². The van der Waals surface area contributed by atoms with Gasteiger partial charge in [-0.05, 0) is 73.9 Å². The Kier molecular flexibility index (Phi) is 6.21. The molecule has 4 rings (SSSR count). The molecule has 0 aliphatic carbocycles. The van der Waals surface area contributed by atoms with E-state index in [1.165, 1.54) is 4.31 Å². The van der Waals surface area contributed by atoms with Crippen LogP contribution in [0.15, 0.2) is 65.6 Å². The van der Waals surface area contributed by atoms with Crippen molar-refractivity contribution in [3.63, 3.8) is 0 Å². The van der Waals surface area contributed by atoms with Crippen LogP contribution in [0.2, 0.25) is 10.0 Å². The zero-order valence-electron chi connectivity index (χ0n) is 17.6. The topological polar surface area (TPSA) is 66.5 Å². The number of sulfonamides is 1. The van der Waals surface area contributed by atoms with E-state index in [9.17, 15) is 13.2 Å². The predicted octanol–water partition coefficient (Wildman–Crippen LogP) is 5.37. The summed E-state index contributed by atoms with van der Waals surface area (Å²) in [5.74, 6) is -0.258. The molecule has 5 nitrogen and oxygen atoms in total. The Morgan fingerprint density at radius 3 is 2.47 bits per heavy atom. The molecule has 1 aliphatic rings. The Balaban J connectivity index is 1.55. The van der Waals surface area contributed by atoms with Crippen LogP contribution < -0.4 is 9.62 Å². The number of hydrogen-bond donors (Lipinski definition) is 1. The van der Waals surface area contributed by atoms with Gasteiger partial charge in [0.05, 0.1) is 10.6 Å². The van der Waals surface area contributed by atoms with Crippen molar-refractivity contribution < 1.29 is 13.2 Å². The number of hydrogen-bond acceptors (Lipinski definition) is 3. The molecule has 1 aliphatic heterocycles. The minimum atomic E-state index is -3.70. The average Bonchev–Trinajstić information content (AvgIpc) is 3.08. The molecule has 0 fully saturated rings. The second kappa shape index (κ2) is 8.77. The molecule has 3 aromatic rings. The monoisotopic (exact) mass is 488 g/mol. The summed E-state index contributed by atoms with van der Waals surface area (Å²) in [6.45, 7) is 4.04. The number of amides is 1. The summed E-state index contributed by atoms with van der Waals surface area (Å²) >= 11 is 12.1. The van der Waals surface area contributed by atoms with Crippen molar-refractivity contribution in [2.75, 3.05) is 4.31 Å². The van der Waals surface area contributed by atoms with Crippen LogP contribution in [0.4, 0.5) is 5.69 Å². The van der Waals surface area contributed by atoms with Crippen molar-refractivity contribution >= 4 is 44.8 Å². The molecule has 0 bridgehead atoms. The Morgan fingerprint density at radius 2 is 1.78 bits per heavy atom. The highest BCUT2D eigenvalue weighted by atomic mass is 35.5. The molecule has 1 N–H and O–H groups in total. The number of fused-ring (bicyclic) bond motifs is 1. The van der Waals surface area contributed by atoms with Gasteiger partial charge in [0.25, 0.3) is 15.9 Å². The lowest BCUT2D eigenvalue weighted by Crippen LogP contribution is -2.35. The summed E-state index contributed by atoms with van der Waals surface area (Å²) in [6, 6.07) is 16.8. The van der Waals surface area contributed by atoms with Gasteiger partial charge >= 0.3 is 0 Å². The van der Waals surface area contributed by atoms with E-state index >= 15 is 0 Å². The number of nitrogens with one attached hydrogen (secondary N) is 1. The summed E-state index contributed by atoms with van der Waals surface area (Å²) < 4.78 is 28.0. The predicted molar refractivity (Wildman–Crippen MR) is 128 cm³/mol. The van der Waals surface area contributed by atoms with E-state index in [-0.39, 0.29) is 23.4 Å². The smallest absolute Gasteiger partial charge is 0.264 e. The minimum Gasteiger partial charge on any atom is -0.348 e. The van der Waals surface area contributed by atoms with Crippen molar-refractivity contribution in [3.8, 4) is 0 Å².